The van der Waals surface area contributed by atoms with Crippen LogP contribution in [-0.2, 0) is 4.79 Å². The molecule has 0 aliphatic heterocycles. The Bertz CT molecular complexity index is 674. The zero-order valence-corrected chi connectivity index (χ0v) is 11.3. The van der Waals surface area contributed by atoms with Gasteiger partial charge in [0.15, 0.2) is 0 Å². The molecule has 0 bridgehead atoms. The van der Waals surface area contributed by atoms with E-state index >= 15 is 0 Å². The van der Waals surface area contributed by atoms with Gasteiger partial charge < -0.3 is 5.32 Å². The van der Waals surface area contributed by atoms with E-state index in [2.05, 4.69) is 17.6 Å². The smallest absolute Gasteiger partial charge is 0.307 e. The molecule has 0 spiro atoms. The third kappa shape index (κ3) is 3.69. The Hall–Kier alpha value is -3.10. The highest BCUT2D eigenvalue weighted by molar-refractivity contribution is 6.21. The van der Waals surface area contributed by atoms with Crippen molar-refractivity contribution >= 4 is 23.3 Å². The van der Waals surface area contributed by atoms with Crippen molar-refractivity contribution in [3.8, 4) is 0 Å². The molecule has 1 N–H and O–H groups in total. The van der Waals surface area contributed by atoms with Gasteiger partial charge in [-0.05, 0) is 24.3 Å². The molecule has 2 aromatic rings. The summed E-state index contributed by atoms with van der Waals surface area (Å²) in [6, 6.07) is 17.1. The van der Waals surface area contributed by atoms with Crippen molar-refractivity contribution in [3.05, 3.63) is 79.0 Å². The van der Waals surface area contributed by atoms with Crippen molar-refractivity contribution in [2.45, 2.75) is 0 Å². The van der Waals surface area contributed by atoms with Crippen LogP contribution in [0.3, 0.4) is 0 Å². The molecule has 0 fully saturated rings. The summed E-state index contributed by atoms with van der Waals surface area (Å²) in [5.74, 6) is -0.510. The summed E-state index contributed by atoms with van der Waals surface area (Å²) < 4.78 is 0. The Morgan fingerprint density at radius 2 is 1.57 bits per heavy atom. The second kappa shape index (κ2) is 6.89. The van der Waals surface area contributed by atoms with Crippen LogP contribution < -0.4 is 10.2 Å². The maximum absolute atomic E-state index is 12.4. The van der Waals surface area contributed by atoms with Crippen molar-refractivity contribution in [3.63, 3.8) is 0 Å². The average molecular weight is 278 g/mol. The van der Waals surface area contributed by atoms with E-state index in [1.165, 1.54) is 0 Å². The lowest BCUT2D eigenvalue weighted by molar-refractivity contribution is -0.113. The number of nitrogens with one attached hydrogen (secondary N) is 1. The van der Waals surface area contributed by atoms with E-state index in [-0.39, 0.29) is 0 Å². The second-order valence-electron chi connectivity index (χ2n) is 4.15. The fourth-order valence-corrected chi connectivity index (χ4v) is 1.77. The predicted molar refractivity (Wildman–Crippen MR) is 83.1 cm³/mol. The molecule has 4 heteroatoms. The maximum Gasteiger partial charge on any atom is 0.333 e. The van der Waals surface area contributed by atoms with Gasteiger partial charge in [-0.2, -0.15) is 0 Å². The normalized spacial score (nSPS) is 9.33. The van der Waals surface area contributed by atoms with Crippen molar-refractivity contribution in [2.75, 3.05) is 10.2 Å². The van der Waals surface area contributed by atoms with Crippen molar-refractivity contribution < 1.29 is 9.59 Å². The SMILES string of the molecule is C=C=CC(=O)N(C(=O)Nc1ccccc1)c1ccccc1. The van der Waals surface area contributed by atoms with Crippen molar-refractivity contribution in [1.29, 1.82) is 0 Å². The Morgan fingerprint density at radius 3 is 2.14 bits per heavy atom. The Kier molecular flexibility index (Phi) is 4.70. The molecule has 3 amide bonds. The molecule has 0 saturated carbocycles. The monoisotopic (exact) mass is 278 g/mol. The number of urea groups is 1. The van der Waals surface area contributed by atoms with Gasteiger partial charge in [-0.1, -0.05) is 43.0 Å². The van der Waals surface area contributed by atoms with Crippen LogP contribution in [0.2, 0.25) is 0 Å². The van der Waals surface area contributed by atoms with Crippen LogP contribution in [0.4, 0.5) is 16.2 Å². The molecule has 4 nitrogen and oxygen atoms in total. The summed E-state index contributed by atoms with van der Waals surface area (Å²) in [6.07, 6.45) is 1.12. The number of benzene rings is 2. The summed E-state index contributed by atoms with van der Waals surface area (Å²) >= 11 is 0. The summed E-state index contributed by atoms with van der Waals surface area (Å²) in [7, 11) is 0. The second-order valence-corrected chi connectivity index (χ2v) is 4.15. The van der Waals surface area contributed by atoms with Gasteiger partial charge in [-0.3, -0.25) is 4.79 Å². The molecular formula is C17H14N2O2. The van der Waals surface area contributed by atoms with E-state index in [1.807, 2.05) is 12.1 Å². The van der Waals surface area contributed by atoms with Gasteiger partial charge in [-0.25, -0.2) is 9.69 Å². The number of anilines is 2. The molecule has 0 saturated heterocycles. The van der Waals surface area contributed by atoms with Gasteiger partial charge in [0.2, 0.25) is 0 Å². The van der Waals surface area contributed by atoms with Gasteiger partial charge in [0.05, 0.1) is 5.69 Å². The molecule has 0 atom stereocenters. The molecule has 0 aliphatic carbocycles. The predicted octanol–water partition coefficient (Wildman–Crippen LogP) is 3.59. The Balaban J connectivity index is 2.29. The Morgan fingerprint density at radius 1 is 1.00 bits per heavy atom. The first-order valence-electron chi connectivity index (χ1n) is 6.33. The topological polar surface area (TPSA) is 49.4 Å². The van der Waals surface area contributed by atoms with Crippen LogP contribution in [0, 0.1) is 0 Å². The molecule has 21 heavy (non-hydrogen) atoms. The lowest BCUT2D eigenvalue weighted by Crippen LogP contribution is -2.39. The standard InChI is InChI=1S/C17H14N2O2/c1-2-9-16(20)19(15-12-7-4-8-13-15)17(21)18-14-10-5-3-6-11-14/h3-13H,1H2,(H,18,21). The molecule has 0 aromatic heterocycles. The minimum atomic E-state index is -0.538. The number of amides is 3. The third-order valence-electron chi connectivity index (χ3n) is 2.69. The van der Waals surface area contributed by atoms with Gasteiger partial charge in [-0.15, -0.1) is 5.73 Å². The lowest BCUT2D eigenvalue weighted by atomic mass is 10.3. The molecule has 0 unspecified atom stereocenters. The lowest BCUT2D eigenvalue weighted by Gasteiger charge is -2.19. The first kappa shape index (κ1) is 14.3. The van der Waals surface area contributed by atoms with E-state index in [0.717, 1.165) is 11.0 Å². The van der Waals surface area contributed by atoms with E-state index in [4.69, 9.17) is 0 Å². The van der Waals surface area contributed by atoms with E-state index in [9.17, 15) is 9.59 Å². The first-order valence-corrected chi connectivity index (χ1v) is 6.33. The fraction of sp³-hybridized carbons (Fsp3) is 0. The molecular weight excluding hydrogens is 264 g/mol. The van der Waals surface area contributed by atoms with Gasteiger partial charge in [0.25, 0.3) is 5.91 Å². The largest absolute Gasteiger partial charge is 0.333 e. The molecule has 2 aromatic carbocycles. The van der Waals surface area contributed by atoms with Crippen LogP contribution in [0.25, 0.3) is 0 Å². The number of hydrogen-bond donors (Lipinski definition) is 1. The molecule has 0 aliphatic rings. The van der Waals surface area contributed by atoms with E-state index in [1.54, 1.807) is 48.5 Å². The third-order valence-corrected chi connectivity index (χ3v) is 2.69. The summed E-state index contributed by atoms with van der Waals surface area (Å²) in [6.45, 7) is 3.36. The van der Waals surface area contributed by atoms with Crippen LogP contribution in [0.5, 0.6) is 0 Å². The number of carbonyl (C=O) groups is 2. The molecule has 0 heterocycles. The zero-order chi connectivity index (χ0) is 15.1. The average Bonchev–Trinajstić information content (AvgIpc) is 2.50. The summed E-state index contributed by atoms with van der Waals surface area (Å²) in [4.78, 5) is 25.5. The number of rotatable bonds is 3. The van der Waals surface area contributed by atoms with E-state index in [0.29, 0.717) is 11.4 Å². The maximum atomic E-state index is 12.4. The highest BCUT2D eigenvalue weighted by Crippen LogP contribution is 2.16. The minimum absolute atomic E-state index is 0.474. The van der Waals surface area contributed by atoms with Crippen LogP contribution in [-0.4, -0.2) is 11.9 Å². The van der Waals surface area contributed by atoms with Crippen LogP contribution >= 0.6 is 0 Å². The number of para-hydroxylation sites is 2. The molecule has 104 valence electrons. The van der Waals surface area contributed by atoms with Crippen molar-refractivity contribution in [1.82, 2.24) is 0 Å². The summed E-state index contributed by atoms with van der Waals surface area (Å²) in [5.41, 5.74) is 3.47. The van der Waals surface area contributed by atoms with Crippen LogP contribution in [0.15, 0.2) is 79.0 Å². The molecule has 0 radical (unpaired) electrons. The number of carbonyl (C=O) groups excluding carboxylic acids is 2. The molecule has 2 rings (SSSR count). The van der Waals surface area contributed by atoms with E-state index < -0.39 is 11.9 Å². The zero-order valence-electron chi connectivity index (χ0n) is 11.3. The number of nitrogens with zero attached hydrogens (tertiary/aromatic N) is 1. The Labute approximate surface area is 123 Å². The summed E-state index contributed by atoms with van der Waals surface area (Å²) in [5, 5.41) is 2.68. The number of hydrogen-bond acceptors (Lipinski definition) is 2. The van der Waals surface area contributed by atoms with Crippen LogP contribution in [0.1, 0.15) is 0 Å². The first-order chi connectivity index (χ1) is 10.2. The van der Waals surface area contributed by atoms with Crippen molar-refractivity contribution in [2.24, 2.45) is 0 Å². The van der Waals surface area contributed by atoms with Gasteiger partial charge in [0, 0.05) is 11.8 Å². The van der Waals surface area contributed by atoms with Gasteiger partial charge in [0.1, 0.15) is 0 Å². The minimum Gasteiger partial charge on any atom is -0.307 e. The highest BCUT2D eigenvalue weighted by atomic mass is 16.2. The quantitative estimate of drug-likeness (QED) is 0.689. The number of imide groups is 1. The highest BCUT2D eigenvalue weighted by Gasteiger charge is 2.21. The van der Waals surface area contributed by atoms with Gasteiger partial charge >= 0.3 is 6.03 Å². The fourth-order valence-electron chi connectivity index (χ4n) is 1.77.